The lowest BCUT2D eigenvalue weighted by Crippen LogP contribution is -2.23. The summed E-state index contributed by atoms with van der Waals surface area (Å²) in [5.74, 6) is 0.667. The number of carbonyl (C=O) groups excluding carboxylic acids is 1. The van der Waals surface area contributed by atoms with Gasteiger partial charge in [-0.25, -0.2) is 0 Å². The molecule has 0 saturated heterocycles. The van der Waals surface area contributed by atoms with Gasteiger partial charge < -0.3 is 10.1 Å². The minimum Gasteiger partial charge on any atom is -0.496 e. The third-order valence-corrected chi connectivity index (χ3v) is 4.15. The van der Waals surface area contributed by atoms with E-state index in [0.717, 1.165) is 16.9 Å². The van der Waals surface area contributed by atoms with Crippen LogP contribution >= 0.6 is 23.2 Å². The highest BCUT2D eigenvalue weighted by molar-refractivity contribution is 6.34. The Kier molecular flexibility index (Phi) is 8.11. The van der Waals surface area contributed by atoms with E-state index in [2.05, 4.69) is 10.3 Å². The summed E-state index contributed by atoms with van der Waals surface area (Å²) in [7, 11) is 1.62. The zero-order valence-electron chi connectivity index (χ0n) is 15.1. The Morgan fingerprint density at radius 3 is 2.37 bits per heavy atom. The number of aromatic nitrogens is 1. The molecule has 0 bridgehead atoms. The second-order valence-electron chi connectivity index (χ2n) is 5.63. The fourth-order valence-corrected chi connectivity index (χ4v) is 2.74. The fraction of sp³-hybridized carbons (Fsp3) is 0.143. The van der Waals surface area contributed by atoms with Gasteiger partial charge in [-0.1, -0.05) is 47.5 Å². The fourth-order valence-electron chi connectivity index (χ4n) is 2.31. The number of carbonyl (C=O) groups is 1. The van der Waals surface area contributed by atoms with Crippen molar-refractivity contribution in [3.63, 3.8) is 0 Å². The maximum Gasteiger partial charge on any atom is 0.251 e. The summed E-state index contributed by atoms with van der Waals surface area (Å²) in [5.41, 5.74) is 2.45. The van der Waals surface area contributed by atoms with Crippen LogP contribution in [-0.2, 0) is 6.54 Å². The number of hydrogen-bond donors (Lipinski definition) is 1. The van der Waals surface area contributed by atoms with E-state index >= 15 is 0 Å². The number of nitrogens with zero attached hydrogens (tertiary/aromatic N) is 1. The van der Waals surface area contributed by atoms with Gasteiger partial charge in [0.05, 0.1) is 7.11 Å². The van der Waals surface area contributed by atoms with Gasteiger partial charge in [-0.15, -0.1) is 0 Å². The SMILES string of the molecule is COc1ccccc1CNC(=O)c1ccncc1C.Clc1cccc(Cl)c1. The summed E-state index contributed by atoms with van der Waals surface area (Å²) >= 11 is 11.1. The number of amides is 1. The summed E-state index contributed by atoms with van der Waals surface area (Å²) in [6.45, 7) is 2.30. The minimum atomic E-state index is -0.106. The van der Waals surface area contributed by atoms with Gasteiger partial charge in [-0.2, -0.15) is 0 Å². The van der Waals surface area contributed by atoms with Crippen molar-refractivity contribution in [3.05, 3.63) is 93.7 Å². The van der Waals surface area contributed by atoms with Gasteiger partial charge >= 0.3 is 0 Å². The Morgan fingerprint density at radius 2 is 1.78 bits per heavy atom. The van der Waals surface area contributed by atoms with Gasteiger partial charge in [-0.3, -0.25) is 9.78 Å². The van der Waals surface area contributed by atoms with Crippen LogP contribution in [0, 0.1) is 6.92 Å². The molecule has 1 N–H and O–H groups in total. The van der Waals surface area contributed by atoms with Crippen molar-refractivity contribution in [1.29, 1.82) is 0 Å². The molecule has 0 aliphatic rings. The number of nitrogens with one attached hydrogen (secondary N) is 1. The monoisotopic (exact) mass is 402 g/mol. The lowest BCUT2D eigenvalue weighted by Gasteiger charge is -2.10. The van der Waals surface area contributed by atoms with E-state index in [4.69, 9.17) is 27.9 Å². The molecule has 2 aromatic carbocycles. The molecule has 3 rings (SSSR count). The summed E-state index contributed by atoms with van der Waals surface area (Å²) in [6, 6.07) is 16.4. The number of ether oxygens (including phenoxy) is 1. The average Bonchev–Trinajstić information content (AvgIpc) is 2.67. The van der Waals surface area contributed by atoms with E-state index in [1.54, 1.807) is 43.8 Å². The third-order valence-electron chi connectivity index (χ3n) is 3.68. The second kappa shape index (κ2) is 10.6. The van der Waals surface area contributed by atoms with Crippen LogP contribution in [0.1, 0.15) is 21.5 Å². The summed E-state index contributed by atoms with van der Waals surface area (Å²) < 4.78 is 5.25. The number of rotatable bonds is 4. The molecule has 4 nitrogen and oxygen atoms in total. The van der Waals surface area contributed by atoms with E-state index in [-0.39, 0.29) is 5.91 Å². The minimum absolute atomic E-state index is 0.106. The van der Waals surface area contributed by atoms with E-state index in [1.807, 2.05) is 37.3 Å². The van der Waals surface area contributed by atoms with Gasteiger partial charge in [-0.05, 0) is 42.8 Å². The van der Waals surface area contributed by atoms with Gasteiger partial charge in [0.1, 0.15) is 5.75 Å². The topological polar surface area (TPSA) is 51.2 Å². The molecule has 0 aliphatic heterocycles. The molecule has 0 fully saturated rings. The quantitative estimate of drug-likeness (QED) is 0.641. The first-order valence-corrected chi connectivity index (χ1v) is 8.98. The summed E-state index contributed by atoms with van der Waals surface area (Å²) in [4.78, 5) is 16.0. The lowest BCUT2D eigenvalue weighted by atomic mass is 10.1. The molecule has 0 spiro atoms. The molecule has 1 amide bonds. The largest absolute Gasteiger partial charge is 0.496 e. The van der Waals surface area contributed by atoms with Crippen molar-refractivity contribution in [1.82, 2.24) is 10.3 Å². The first kappa shape index (κ1) is 20.7. The number of pyridine rings is 1. The van der Waals surface area contributed by atoms with Gasteiger partial charge in [0.2, 0.25) is 0 Å². The first-order valence-electron chi connectivity index (χ1n) is 8.23. The molecule has 0 radical (unpaired) electrons. The van der Waals surface area contributed by atoms with Gasteiger partial charge in [0.15, 0.2) is 0 Å². The van der Waals surface area contributed by atoms with Crippen LogP contribution < -0.4 is 10.1 Å². The standard InChI is InChI=1S/C15H16N2O2.C6H4Cl2/c1-11-9-16-8-7-13(11)15(18)17-10-12-5-3-4-6-14(12)19-2;7-5-2-1-3-6(8)4-5/h3-9H,10H2,1-2H3,(H,17,18);1-4H. The van der Waals surface area contributed by atoms with E-state index in [1.165, 1.54) is 0 Å². The van der Waals surface area contributed by atoms with Crippen LogP contribution in [-0.4, -0.2) is 18.0 Å². The normalized spacial score (nSPS) is 9.78. The molecule has 0 unspecified atom stereocenters. The van der Waals surface area contributed by atoms with Crippen LogP contribution in [0.3, 0.4) is 0 Å². The predicted octanol–water partition coefficient (Wildman–Crippen LogP) is 5.32. The highest BCUT2D eigenvalue weighted by Crippen LogP contribution is 2.17. The molecule has 27 heavy (non-hydrogen) atoms. The lowest BCUT2D eigenvalue weighted by molar-refractivity contribution is 0.0950. The van der Waals surface area contributed by atoms with Gasteiger partial charge in [0, 0.05) is 40.1 Å². The highest BCUT2D eigenvalue weighted by atomic mass is 35.5. The number of hydrogen-bond acceptors (Lipinski definition) is 3. The maximum absolute atomic E-state index is 12.1. The second-order valence-corrected chi connectivity index (χ2v) is 6.50. The molecule has 1 aromatic heterocycles. The Bertz CT molecular complexity index is 883. The molecule has 0 saturated carbocycles. The third kappa shape index (κ3) is 6.59. The Hall–Kier alpha value is -2.56. The van der Waals surface area contributed by atoms with Crippen LogP contribution in [0.5, 0.6) is 5.75 Å². The number of para-hydroxylation sites is 1. The smallest absolute Gasteiger partial charge is 0.251 e. The van der Waals surface area contributed by atoms with Crippen molar-refractivity contribution in [2.24, 2.45) is 0 Å². The molecule has 140 valence electrons. The molecule has 0 aliphatic carbocycles. The number of benzene rings is 2. The zero-order valence-corrected chi connectivity index (χ0v) is 16.6. The van der Waals surface area contributed by atoms with Crippen molar-refractivity contribution >= 4 is 29.1 Å². The summed E-state index contributed by atoms with van der Waals surface area (Å²) in [5, 5.41) is 4.24. The molecule has 3 aromatic rings. The zero-order chi connectivity index (χ0) is 19.6. The molecule has 0 atom stereocenters. The van der Waals surface area contributed by atoms with Crippen LogP contribution in [0.15, 0.2) is 67.0 Å². The van der Waals surface area contributed by atoms with E-state index in [9.17, 15) is 4.79 Å². The van der Waals surface area contributed by atoms with E-state index < -0.39 is 0 Å². The Morgan fingerprint density at radius 1 is 1.07 bits per heavy atom. The van der Waals surface area contributed by atoms with Crippen molar-refractivity contribution < 1.29 is 9.53 Å². The summed E-state index contributed by atoms with van der Waals surface area (Å²) in [6.07, 6.45) is 3.29. The van der Waals surface area contributed by atoms with Gasteiger partial charge in [0.25, 0.3) is 5.91 Å². The molecular formula is C21H20Cl2N2O2. The Balaban J connectivity index is 0.000000273. The van der Waals surface area contributed by atoms with Crippen LogP contribution in [0.4, 0.5) is 0 Å². The highest BCUT2D eigenvalue weighted by Gasteiger charge is 2.09. The van der Waals surface area contributed by atoms with Crippen molar-refractivity contribution in [2.45, 2.75) is 13.5 Å². The predicted molar refractivity (Wildman–Crippen MR) is 110 cm³/mol. The van der Waals surface area contributed by atoms with Crippen molar-refractivity contribution in [2.75, 3.05) is 7.11 Å². The first-order chi connectivity index (χ1) is 13.0. The molecule has 6 heteroatoms. The van der Waals surface area contributed by atoms with Crippen molar-refractivity contribution in [3.8, 4) is 5.75 Å². The number of aryl methyl sites for hydroxylation is 1. The van der Waals surface area contributed by atoms with Crippen LogP contribution in [0.25, 0.3) is 0 Å². The van der Waals surface area contributed by atoms with E-state index in [0.29, 0.717) is 22.2 Å². The number of halogens is 2. The molecular weight excluding hydrogens is 383 g/mol. The number of methoxy groups -OCH3 is 1. The average molecular weight is 403 g/mol. The maximum atomic E-state index is 12.1. The Labute approximate surface area is 169 Å². The van der Waals surface area contributed by atoms with Crippen LogP contribution in [0.2, 0.25) is 10.0 Å². The molecule has 1 heterocycles.